The molecule has 2 N–H and O–H groups in total. The topological polar surface area (TPSA) is 73.3 Å². The Morgan fingerprint density at radius 2 is 2.40 bits per heavy atom. The quantitative estimate of drug-likeness (QED) is 0.720. The van der Waals surface area contributed by atoms with Gasteiger partial charge in [-0.15, -0.1) is 0 Å². The third-order valence-corrected chi connectivity index (χ3v) is 2.57. The van der Waals surface area contributed by atoms with E-state index in [0.717, 1.165) is 16.9 Å². The van der Waals surface area contributed by atoms with Crippen molar-refractivity contribution in [1.29, 1.82) is 0 Å². The summed E-state index contributed by atoms with van der Waals surface area (Å²) in [6.45, 7) is 0. The molecule has 0 saturated heterocycles. The van der Waals surface area contributed by atoms with Crippen LogP contribution in [0.5, 0.6) is 0 Å². The van der Waals surface area contributed by atoms with Crippen LogP contribution in [0.15, 0.2) is 24.5 Å². The number of hydrogen-bond acceptors (Lipinski definition) is 3. The Morgan fingerprint density at radius 1 is 1.53 bits per heavy atom. The Bertz CT molecular complexity index is 584. The number of nitrogens with two attached hydrogens (primary N) is 1. The average Bonchev–Trinajstić information content (AvgIpc) is 2.82. The van der Waals surface area contributed by atoms with Crippen LogP contribution >= 0.6 is 0 Å². The summed E-state index contributed by atoms with van der Waals surface area (Å²) in [5.74, 6) is -0.737. The molecule has 0 fully saturated rings. The maximum atomic E-state index is 11.2. The molecule has 2 aromatic rings. The molecule has 1 aliphatic carbocycles. The Morgan fingerprint density at radius 3 is 3.20 bits per heavy atom. The fourth-order valence-electron chi connectivity index (χ4n) is 1.85. The predicted molar refractivity (Wildman–Crippen MR) is 54.0 cm³/mol. The zero-order chi connectivity index (χ0) is 10.4. The van der Waals surface area contributed by atoms with E-state index in [0.29, 0.717) is 0 Å². The number of carbonyl (C=O) groups is 1. The Balaban J connectivity index is 2.30. The molecule has 3 rings (SSSR count). The maximum Gasteiger partial charge on any atom is 0.228 e. The number of aromatic nitrogens is 3. The van der Waals surface area contributed by atoms with Gasteiger partial charge in [0.1, 0.15) is 0 Å². The molecule has 0 radical (unpaired) electrons. The maximum absolute atomic E-state index is 11.2. The fraction of sp³-hybridized carbons (Fsp3) is 0.100. The molecule has 15 heavy (non-hydrogen) atoms. The third-order valence-electron chi connectivity index (χ3n) is 2.57. The minimum absolute atomic E-state index is 0.363. The van der Waals surface area contributed by atoms with Crippen LogP contribution in [-0.4, -0.2) is 20.5 Å². The van der Waals surface area contributed by atoms with E-state index in [1.807, 2.05) is 12.1 Å². The predicted octanol–water partition coefficient (Wildman–Crippen LogP) is 0.325. The second-order valence-corrected chi connectivity index (χ2v) is 3.44. The van der Waals surface area contributed by atoms with Gasteiger partial charge < -0.3 is 5.73 Å². The molecule has 0 aliphatic heterocycles. The normalized spacial score (nSPS) is 18.3. The highest BCUT2D eigenvalue weighted by atomic mass is 16.1. The highest BCUT2D eigenvalue weighted by Crippen LogP contribution is 2.28. The SMILES string of the molecule is NC(=O)C1C=Cc2c1cnc1ccnn21. The molecular formula is C10H8N4O. The van der Waals surface area contributed by atoms with Crippen molar-refractivity contribution in [3.05, 3.63) is 35.8 Å². The van der Waals surface area contributed by atoms with Crippen molar-refractivity contribution in [3.63, 3.8) is 0 Å². The van der Waals surface area contributed by atoms with E-state index in [2.05, 4.69) is 10.1 Å². The first-order valence-corrected chi connectivity index (χ1v) is 4.57. The highest BCUT2D eigenvalue weighted by Gasteiger charge is 2.24. The molecular weight excluding hydrogens is 192 g/mol. The molecule has 1 unspecified atom stereocenters. The van der Waals surface area contributed by atoms with Crippen LogP contribution in [-0.2, 0) is 4.79 Å². The van der Waals surface area contributed by atoms with Crippen molar-refractivity contribution in [2.24, 2.45) is 5.73 Å². The molecule has 2 heterocycles. The average molecular weight is 200 g/mol. The smallest absolute Gasteiger partial charge is 0.228 e. The van der Waals surface area contributed by atoms with Gasteiger partial charge in [0.05, 0.1) is 17.8 Å². The molecule has 1 atom stereocenters. The van der Waals surface area contributed by atoms with Crippen LogP contribution in [0.2, 0.25) is 0 Å². The van der Waals surface area contributed by atoms with Crippen LogP contribution in [0.4, 0.5) is 0 Å². The van der Waals surface area contributed by atoms with Gasteiger partial charge in [0.25, 0.3) is 0 Å². The second kappa shape index (κ2) is 2.66. The van der Waals surface area contributed by atoms with E-state index >= 15 is 0 Å². The van der Waals surface area contributed by atoms with Crippen molar-refractivity contribution in [3.8, 4) is 0 Å². The monoisotopic (exact) mass is 200 g/mol. The fourth-order valence-corrected chi connectivity index (χ4v) is 1.85. The molecule has 0 spiro atoms. The van der Waals surface area contributed by atoms with Crippen LogP contribution in [0.3, 0.4) is 0 Å². The highest BCUT2D eigenvalue weighted by molar-refractivity contribution is 5.88. The molecule has 5 nitrogen and oxygen atoms in total. The summed E-state index contributed by atoms with van der Waals surface area (Å²) < 4.78 is 1.70. The lowest BCUT2D eigenvalue weighted by Crippen LogP contribution is -2.19. The lowest BCUT2D eigenvalue weighted by atomic mass is 10.1. The van der Waals surface area contributed by atoms with Gasteiger partial charge >= 0.3 is 0 Å². The Labute approximate surface area is 85.2 Å². The molecule has 1 amide bonds. The van der Waals surface area contributed by atoms with Crippen molar-refractivity contribution in [2.75, 3.05) is 0 Å². The van der Waals surface area contributed by atoms with Crippen LogP contribution in [0, 0.1) is 0 Å². The van der Waals surface area contributed by atoms with Gasteiger partial charge in [0.15, 0.2) is 5.65 Å². The zero-order valence-electron chi connectivity index (χ0n) is 7.79. The van der Waals surface area contributed by atoms with Gasteiger partial charge in [0, 0.05) is 17.8 Å². The molecule has 0 bridgehead atoms. The van der Waals surface area contributed by atoms with E-state index in [1.165, 1.54) is 0 Å². The van der Waals surface area contributed by atoms with E-state index in [-0.39, 0.29) is 11.8 Å². The van der Waals surface area contributed by atoms with Gasteiger partial charge in [-0.25, -0.2) is 9.50 Å². The molecule has 0 saturated carbocycles. The van der Waals surface area contributed by atoms with Crippen molar-refractivity contribution in [2.45, 2.75) is 5.92 Å². The standard InChI is InChI=1S/C10H8N4O/c11-10(15)6-1-2-8-7(6)5-12-9-3-4-13-14(8)9/h1-6H,(H2,11,15). The summed E-state index contributed by atoms with van der Waals surface area (Å²) in [6, 6.07) is 1.81. The number of hydrogen-bond donors (Lipinski definition) is 1. The van der Waals surface area contributed by atoms with Crippen molar-refractivity contribution >= 4 is 17.6 Å². The summed E-state index contributed by atoms with van der Waals surface area (Å²) >= 11 is 0. The molecule has 0 aromatic carbocycles. The number of rotatable bonds is 1. The van der Waals surface area contributed by atoms with E-state index < -0.39 is 0 Å². The van der Waals surface area contributed by atoms with Gasteiger partial charge in [-0.1, -0.05) is 6.08 Å². The van der Waals surface area contributed by atoms with E-state index in [1.54, 1.807) is 23.0 Å². The summed E-state index contributed by atoms with van der Waals surface area (Å²) in [7, 11) is 0. The largest absolute Gasteiger partial charge is 0.369 e. The van der Waals surface area contributed by atoms with E-state index in [4.69, 9.17) is 5.73 Å². The van der Waals surface area contributed by atoms with Gasteiger partial charge in [-0.2, -0.15) is 5.10 Å². The third kappa shape index (κ3) is 0.999. The minimum atomic E-state index is -0.374. The first kappa shape index (κ1) is 8.16. The van der Waals surface area contributed by atoms with Gasteiger partial charge in [0.2, 0.25) is 5.91 Å². The number of fused-ring (bicyclic) bond motifs is 3. The van der Waals surface area contributed by atoms with Crippen molar-refractivity contribution in [1.82, 2.24) is 14.6 Å². The van der Waals surface area contributed by atoms with Gasteiger partial charge in [-0.05, 0) is 6.08 Å². The van der Waals surface area contributed by atoms with Crippen LogP contribution in [0.1, 0.15) is 17.2 Å². The number of primary amides is 1. The first-order chi connectivity index (χ1) is 7.27. The Hall–Kier alpha value is -2.17. The number of amides is 1. The van der Waals surface area contributed by atoms with Crippen LogP contribution in [0.25, 0.3) is 11.7 Å². The Kier molecular flexibility index (Phi) is 1.45. The molecule has 2 aromatic heterocycles. The summed E-state index contributed by atoms with van der Waals surface area (Å²) in [6.07, 6.45) is 6.98. The number of nitrogens with zero attached hydrogens (tertiary/aromatic N) is 3. The second-order valence-electron chi connectivity index (χ2n) is 3.44. The lowest BCUT2D eigenvalue weighted by molar-refractivity contribution is -0.118. The van der Waals surface area contributed by atoms with E-state index in [9.17, 15) is 4.79 Å². The van der Waals surface area contributed by atoms with Crippen molar-refractivity contribution < 1.29 is 4.79 Å². The molecule has 1 aliphatic rings. The van der Waals surface area contributed by atoms with Gasteiger partial charge in [-0.3, -0.25) is 4.79 Å². The minimum Gasteiger partial charge on any atom is -0.369 e. The lowest BCUT2D eigenvalue weighted by Gasteiger charge is -2.06. The summed E-state index contributed by atoms with van der Waals surface area (Å²) in [4.78, 5) is 15.4. The summed E-state index contributed by atoms with van der Waals surface area (Å²) in [5.41, 5.74) is 7.75. The summed E-state index contributed by atoms with van der Waals surface area (Å²) in [5, 5.41) is 4.13. The first-order valence-electron chi connectivity index (χ1n) is 4.57. The van der Waals surface area contributed by atoms with Crippen LogP contribution < -0.4 is 5.73 Å². The molecule has 74 valence electrons. The zero-order valence-corrected chi connectivity index (χ0v) is 7.79. The number of carbonyl (C=O) groups excluding carboxylic acids is 1. The molecule has 5 heteroatoms.